The first-order valence-electron chi connectivity index (χ1n) is 8.72. The molecule has 0 fully saturated rings. The Bertz CT molecular complexity index is 954. The summed E-state index contributed by atoms with van der Waals surface area (Å²) in [6, 6.07) is 14.8. The van der Waals surface area contributed by atoms with Gasteiger partial charge in [-0.05, 0) is 61.0 Å². The summed E-state index contributed by atoms with van der Waals surface area (Å²) in [6.45, 7) is 2.53. The number of hydrogen-bond acceptors (Lipinski definition) is 6. The van der Waals surface area contributed by atoms with E-state index in [9.17, 15) is 4.79 Å². The third-order valence-corrected chi connectivity index (χ3v) is 3.82. The molecule has 0 radical (unpaired) electrons. The van der Waals surface area contributed by atoms with Gasteiger partial charge in [-0.2, -0.15) is 5.10 Å². The number of amides is 1. The highest BCUT2D eigenvalue weighted by Crippen LogP contribution is 2.20. The predicted molar refractivity (Wildman–Crippen MR) is 107 cm³/mol. The van der Waals surface area contributed by atoms with Crippen LogP contribution in [0.15, 0.2) is 66.0 Å². The minimum absolute atomic E-state index is 0.179. The van der Waals surface area contributed by atoms with Gasteiger partial charge in [0.05, 0.1) is 38.0 Å². The van der Waals surface area contributed by atoms with Crippen molar-refractivity contribution in [1.29, 1.82) is 0 Å². The highest BCUT2D eigenvalue weighted by atomic mass is 16.5. The number of nitrogens with zero attached hydrogens (tertiary/aromatic N) is 3. The molecule has 0 saturated carbocycles. The number of aromatic nitrogens is 2. The summed E-state index contributed by atoms with van der Waals surface area (Å²) in [6.07, 6.45) is 4.55. The van der Waals surface area contributed by atoms with Gasteiger partial charge in [0.25, 0.3) is 5.91 Å². The Labute approximate surface area is 163 Å². The van der Waals surface area contributed by atoms with Crippen LogP contribution in [-0.2, 0) is 0 Å². The molecule has 7 heteroatoms. The fourth-order valence-electron chi connectivity index (χ4n) is 2.42. The van der Waals surface area contributed by atoms with Gasteiger partial charge in [0.2, 0.25) is 0 Å². The second kappa shape index (κ2) is 9.27. The average molecular weight is 376 g/mol. The molecule has 142 valence electrons. The number of hydrazone groups is 1. The van der Waals surface area contributed by atoms with Crippen LogP contribution in [0.1, 0.15) is 23.0 Å². The molecule has 0 bridgehead atoms. The number of hydrogen-bond donors (Lipinski definition) is 1. The molecule has 1 N–H and O–H groups in total. The lowest BCUT2D eigenvalue weighted by Gasteiger charge is -2.05. The van der Waals surface area contributed by atoms with E-state index in [2.05, 4.69) is 20.5 Å². The number of methoxy groups -OCH3 is 1. The van der Waals surface area contributed by atoms with E-state index in [1.54, 1.807) is 19.5 Å². The first-order valence-corrected chi connectivity index (χ1v) is 8.72. The molecule has 1 aromatic heterocycles. The van der Waals surface area contributed by atoms with Crippen LogP contribution in [0.2, 0.25) is 0 Å². The molecule has 1 amide bonds. The molecule has 3 rings (SSSR count). The molecular formula is C21H20N4O3. The quantitative estimate of drug-likeness (QED) is 0.505. The van der Waals surface area contributed by atoms with Gasteiger partial charge in [0.1, 0.15) is 17.2 Å². The van der Waals surface area contributed by atoms with Crippen LogP contribution in [0, 0.1) is 0 Å². The molecule has 7 nitrogen and oxygen atoms in total. The number of rotatable bonds is 7. The zero-order valence-corrected chi connectivity index (χ0v) is 15.6. The lowest BCUT2D eigenvalue weighted by atomic mass is 10.1. The highest BCUT2D eigenvalue weighted by Gasteiger charge is 2.09. The van der Waals surface area contributed by atoms with Gasteiger partial charge in [-0.25, -0.2) is 10.4 Å². The van der Waals surface area contributed by atoms with Crippen LogP contribution in [-0.4, -0.2) is 35.8 Å². The SMILES string of the molecule is CCOc1ccc(-c2cncc(C(=O)N/N=C/c3ccc(OC)cc3)n2)cc1. The van der Waals surface area contributed by atoms with Gasteiger partial charge in [-0.1, -0.05) is 0 Å². The van der Waals surface area contributed by atoms with Crippen molar-refractivity contribution in [2.24, 2.45) is 5.10 Å². The lowest BCUT2D eigenvalue weighted by molar-refractivity contribution is 0.0950. The summed E-state index contributed by atoms with van der Waals surface area (Å²) >= 11 is 0. The molecule has 0 aliphatic heterocycles. The number of carbonyl (C=O) groups is 1. The summed E-state index contributed by atoms with van der Waals surface area (Å²) in [5.74, 6) is 1.09. The number of ether oxygens (including phenoxy) is 2. The van der Waals surface area contributed by atoms with E-state index >= 15 is 0 Å². The topological polar surface area (TPSA) is 85.7 Å². The molecule has 0 atom stereocenters. The van der Waals surface area contributed by atoms with Gasteiger partial charge in [0, 0.05) is 5.56 Å². The minimum atomic E-state index is -0.440. The average Bonchev–Trinajstić information content (AvgIpc) is 2.75. The number of carbonyl (C=O) groups excluding carboxylic acids is 1. The number of benzene rings is 2. The van der Waals surface area contributed by atoms with Crippen LogP contribution >= 0.6 is 0 Å². The normalized spacial score (nSPS) is 10.6. The maximum absolute atomic E-state index is 12.3. The molecule has 0 unspecified atom stereocenters. The Morgan fingerprint density at radius 1 is 1.07 bits per heavy atom. The second-order valence-electron chi connectivity index (χ2n) is 5.72. The van der Waals surface area contributed by atoms with Crippen molar-refractivity contribution in [2.45, 2.75) is 6.92 Å². The van der Waals surface area contributed by atoms with Gasteiger partial charge < -0.3 is 9.47 Å². The Hall–Kier alpha value is -3.74. The Kier molecular flexibility index (Phi) is 6.30. The summed E-state index contributed by atoms with van der Waals surface area (Å²) in [5, 5.41) is 3.96. The molecule has 0 saturated heterocycles. The maximum atomic E-state index is 12.3. The Morgan fingerprint density at radius 2 is 1.79 bits per heavy atom. The molecule has 0 spiro atoms. The largest absolute Gasteiger partial charge is 0.497 e. The summed E-state index contributed by atoms with van der Waals surface area (Å²) < 4.78 is 10.5. The van der Waals surface area contributed by atoms with Crippen LogP contribution in [0.3, 0.4) is 0 Å². The monoisotopic (exact) mass is 376 g/mol. The lowest BCUT2D eigenvalue weighted by Crippen LogP contribution is -2.19. The van der Waals surface area contributed by atoms with Crippen LogP contribution < -0.4 is 14.9 Å². The second-order valence-corrected chi connectivity index (χ2v) is 5.72. The third kappa shape index (κ3) is 4.91. The fourth-order valence-corrected chi connectivity index (χ4v) is 2.42. The minimum Gasteiger partial charge on any atom is -0.497 e. The van der Waals surface area contributed by atoms with Gasteiger partial charge in [-0.15, -0.1) is 0 Å². The van der Waals surface area contributed by atoms with Crippen molar-refractivity contribution in [3.8, 4) is 22.8 Å². The zero-order valence-electron chi connectivity index (χ0n) is 15.6. The van der Waals surface area contributed by atoms with Crippen LogP contribution in [0.25, 0.3) is 11.3 Å². The van der Waals surface area contributed by atoms with E-state index < -0.39 is 5.91 Å². The van der Waals surface area contributed by atoms with E-state index in [0.29, 0.717) is 12.3 Å². The maximum Gasteiger partial charge on any atom is 0.291 e. The molecule has 3 aromatic rings. The third-order valence-electron chi connectivity index (χ3n) is 3.82. The standard InChI is InChI=1S/C21H20N4O3/c1-3-28-18-10-6-16(7-11-18)19-13-22-14-20(24-19)21(26)25-23-12-15-4-8-17(27-2)9-5-15/h4-14H,3H2,1-2H3,(H,25,26)/b23-12+. The Balaban J connectivity index is 1.66. The van der Waals surface area contributed by atoms with Crippen molar-refractivity contribution in [1.82, 2.24) is 15.4 Å². The van der Waals surface area contributed by atoms with Crippen molar-refractivity contribution >= 4 is 12.1 Å². The van der Waals surface area contributed by atoms with Gasteiger partial charge in [0.15, 0.2) is 0 Å². The van der Waals surface area contributed by atoms with Crippen molar-refractivity contribution < 1.29 is 14.3 Å². The van der Waals surface area contributed by atoms with E-state index in [1.807, 2.05) is 55.5 Å². The zero-order chi connectivity index (χ0) is 19.8. The van der Waals surface area contributed by atoms with Gasteiger partial charge >= 0.3 is 0 Å². The van der Waals surface area contributed by atoms with E-state index in [4.69, 9.17) is 9.47 Å². The summed E-state index contributed by atoms with van der Waals surface area (Å²) in [4.78, 5) is 20.8. The molecule has 0 aliphatic carbocycles. The molecular weight excluding hydrogens is 356 g/mol. The Morgan fingerprint density at radius 3 is 2.46 bits per heavy atom. The molecule has 28 heavy (non-hydrogen) atoms. The van der Waals surface area contributed by atoms with Crippen molar-refractivity contribution in [2.75, 3.05) is 13.7 Å². The van der Waals surface area contributed by atoms with E-state index in [1.165, 1.54) is 6.20 Å². The highest BCUT2D eigenvalue weighted by molar-refractivity contribution is 5.93. The van der Waals surface area contributed by atoms with Crippen LogP contribution in [0.5, 0.6) is 11.5 Å². The predicted octanol–water partition coefficient (Wildman–Crippen LogP) is 3.31. The van der Waals surface area contributed by atoms with Crippen molar-refractivity contribution in [3.05, 3.63) is 72.2 Å². The fraction of sp³-hybridized carbons (Fsp3) is 0.143. The molecule has 0 aliphatic rings. The first-order chi connectivity index (χ1) is 13.7. The molecule has 1 heterocycles. The molecule has 2 aromatic carbocycles. The summed E-state index contributed by atoms with van der Waals surface area (Å²) in [5.41, 5.74) is 4.90. The van der Waals surface area contributed by atoms with Gasteiger partial charge in [-0.3, -0.25) is 9.78 Å². The van der Waals surface area contributed by atoms with E-state index in [0.717, 1.165) is 22.6 Å². The van der Waals surface area contributed by atoms with Crippen molar-refractivity contribution in [3.63, 3.8) is 0 Å². The first kappa shape index (κ1) is 19.0. The summed E-state index contributed by atoms with van der Waals surface area (Å²) in [7, 11) is 1.60. The van der Waals surface area contributed by atoms with Crippen LogP contribution in [0.4, 0.5) is 0 Å². The van der Waals surface area contributed by atoms with E-state index in [-0.39, 0.29) is 5.69 Å². The smallest absolute Gasteiger partial charge is 0.291 e. The number of nitrogens with one attached hydrogen (secondary N) is 1.